The van der Waals surface area contributed by atoms with Gasteiger partial charge < -0.3 is 20.5 Å². The van der Waals surface area contributed by atoms with Gasteiger partial charge in [-0.05, 0) is 16.0 Å². The van der Waals surface area contributed by atoms with E-state index < -0.39 is 29.2 Å². The van der Waals surface area contributed by atoms with Crippen LogP contribution < -0.4 is 10.1 Å². The van der Waals surface area contributed by atoms with E-state index in [1.807, 2.05) is 0 Å². The van der Waals surface area contributed by atoms with Crippen molar-refractivity contribution in [2.24, 2.45) is 12.2 Å². The van der Waals surface area contributed by atoms with Gasteiger partial charge in [-0.25, -0.2) is 9.48 Å². The van der Waals surface area contributed by atoms with Gasteiger partial charge in [0, 0.05) is 23.9 Å². The maximum Gasteiger partial charge on any atom is 0.352 e. The quantitative estimate of drug-likeness (QED) is 0.104. The fraction of sp³-hybridized carbons (Fsp3) is 0.375. The number of amides is 2. The molecule has 15 nitrogen and oxygen atoms in total. The number of aliphatic carboxylic acids is 1. The highest BCUT2D eigenvalue weighted by Gasteiger charge is 2.54. The highest BCUT2D eigenvalue weighted by molar-refractivity contribution is 8.01. The Hall–Kier alpha value is -3.38. The summed E-state index contributed by atoms with van der Waals surface area (Å²) in [5.74, 6) is -2.07. The molecule has 0 saturated carbocycles. The number of carbonyl (C=O) groups excluding carboxylic acids is 2. The van der Waals surface area contributed by atoms with Crippen molar-refractivity contribution in [3.63, 3.8) is 0 Å². The van der Waals surface area contributed by atoms with E-state index in [1.165, 1.54) is 40.7 Å². The molecule has 2 amide bonds. The number of tetrazole rings is 1. The van der Waals surface area contributed by atoms with Crippen LogP contribution in [0.3, 0.4) is 0 Å². The van der Waals surface area contributed by atoms with Crippen LogP contribution in [0.1, 0.15) is 5.69 Å². The van der Waals surface area contributed by atoms with Gasteiger partial charge in [0.15, 0.2) is 5.71 Å². The summed E-state index contributed by atoms with van der Waals surface area (Å²) in [6, 6.07) is -1.01. The molecule has 0 aromatic carbocycles. The molecule has 4 heterocycles. The molecule has 2 aliphatic rings. The summed E-state index contributed by atoms with van der Waals surface area (Å²) in [6.07, 6.45) is 0. The molecule has 1 saturated heterocycles. The predicted octanol–water partition coefficient (Wildman–Crippen LogP) is -1.33. The van der Waals surface area contributed by atoms with E-state index in [1.54, 1.807) is 7.05 Å². The summed E-state index contributed by atoms with van der Waals surface area (Å²) in [5.41, 5.74) is -0.0187. The first-order valence-electron chi connectivity index (χ1n) is 9.36. The second kappa shape index (κ2) is 9.47. The number of carbonyl (C=O) groups is 3. The van der Waals surface area contributed by atoms with Crippen LogP contribution in [-0.4, -0.2) is 93.7 Å². The molecule has 4 rings (SSSR count). The molecule has 4 N–H and O–H groups in total. The summed E-state index contributed by atoms with van der Waals surface area (Å²) < 4.78 is 1.92. The SMILES string of the molecule is CON=C(C(=O)N[C@@H]1C(=O)N2C(C(=O)O)=C(CSc3nnnn3C)CS[C@H]12)c1csc(=N)n1O. The molecule has 2 atom stereocenters. The maximum absolute atomic E-state index is 12.9. The molecule has 0 spiro atoms. The zero-order valence-corrected chi connectivity index (χ0v) is 20.0. The van der Waals surface area contributed by atoms with Gasteiger partial charge in [-0.1, -0.05) is 16.9 Å². The van der Waals surface area contributed by atoms with Crippen molar-refractivity contribution < 1.29 is 29.5 Å². The number of oxime groups is 1. The third-order valence-electron chi connectivity index (χ3n) is 4.84. The van der Waals surface area contributed by atoms with E-state index in [0.29, 0.717) is 21.2 Å². The topological polar surface area (TPSA) is 201 Å². The molecular weight excluding hydrogens is 510 g/mol. The average Bonchev–Trinajstić information content (AvgIpc) is 3.37. The van der Waals surface area contributed by atoms with Crippen LogP contribution in [0.2, 0.25) is 0 Å². The number of carboxylic acid groups (broad SMARTS) is 1. The first-order chi connectivity index (χ1) is 16.2. The number of rotatable bonds is 8. The number of nitrogens with one attached hydrogen (secondary N) is 2. The molecule has 0 bridgehead atoms. The number of carboxylic acids is 1. The smallest absolute Gasteiger partial charge is 0.352 e. The van der Waals surface area contributed by atoms with Crippen LogP contribution in [0.5, 0.6) is 0 Å². The summed E-state index contributed by atoms with van der Waals surface area (Å²) in [6.45, 7) is 0. The number of nitrogens with zero attached hydrogens (tertiary/aromatic N) is 7. The molecule has 180 valence electrons. The Morgan fingerprint density at radius 2 is 2.24 bits per heavy atom. The molecule has 2 aromatic heterocycles. The number of thioether (sulfide) groups is 2. The lowest BCUT2D eigenvalue weighted by molar-refractivity contribution is -0.150. The fourth-order valence-corrected chi connectivity index (χ4v) is 6.24. The standard InChI is InChI=1S/C16H17N9O6S3/c1-23-16(19-21-22-23)34-4-6-3-32-13-9(12(27)24(13)10(6)14(28)29)18-11(26)8(20-31-2)7-5-33-15(17)25(7)30/h5,9,13,17,30H,3-4H2,1-2H3,(H,18,26)(H,28,29)/t9-,13-/m1/s1. The number of fused-ring (bicyclic) bond motifs is 1. The summed E-state index contributed by atoms with van der Waals surface area (Å²) in [4.78, 5) is 43.3. The zero-order chi connectivity index (χ0) is 24.6. The monoisotopic (exact) mass is 527 g/mol. The Morgan fingerprint density at radius 1 is 1.47 bits per heavy atom. The predicted molar refractivity (Wildman–Crippen MR) is 118 cm³/mol. The normalized spacial score (nSPS) is 20.1. The molecule has 18 heteroatoms. The van der Waals surface area contributed by atoms with E-state index >= 15 is 0 Å². The largest absolute Gasteiger partial charge is 0.477 e. The van der Waals surface area contributed by atoms with Crippen molar-refractivity contribution in [3.05, 3.63) is 27.1 Å². The summed E-state index contributed by atoms with van der Waals surface area (Å²) >= 11 is 3.42. The van der Waals surface area contributed by atoms with Gasteiger partial charge in [0.2, 0.25) is 9.96 Å². The minimum atomic E-state index is -1.25. The average molecular weight is 528 g/mol. The van der Waals surface area contributed by atoms with Gasteiger partial charge >= 0.3 is 5.97 Å². The van der Waals surface area contributed by atoms with Gasteiger partial charge in [-0.2, -0.15) is 4.73 Å². The van der Waals surface area contributed by atoms with Crippen molar-refractivity contribution in [3.8, 4) is 0 Å². The van der Waals surface area contributed by atoms with Gasteiger partial charge in [-0.3, -0.25) is 19.9 Å². The van der Waals surface area contributed by atoms with Crippen molar-refractivity contribution in [2.45, 2.75) is 16.6 Å². The van der Waals surface area contributed by atoms with Crippen LogP contribution in [0, 0.1) is 5.41 Å². The van der Waals surface area contributed by atoms with Crippen LogP contribution in [0.25, 0.3) is 0 Å². The highest BCUT2D eigenvalue weighted by atomic mass is 32.2. The Kier molecular flexibility index (Phi) is 6.62. The van der Waals surface area contributed by atoms with E-state index in [0.717, 1.165) is 16.2 Å². The molecule has 0 unspecified atom stereocenters. The Labute approximate surface area is 202 Å². The van der Waals surface area contributed by atoms with Gasteiger partial charge in [0.25, 0.3) is 11.8 Å². The first kappa shape index (κ1) is 23.8. The highest BCUT2D eigenvalue weighted by Crippen LogP contribution is 2.41. The van der Waals surface area contributed by atoms with Gasteiger partial charge in [0.05, 0.1) is 0 Å². The van der Waals surface area contributed by atoms with Crippen molar-refractivity contribution in [2.75, 3.05) is 18.6 Å². The molecule has 1 fully saturated rings. The third kappa shape index (κ3) is 4.14. The van der Waals surface area contributed by atoms with Crippen LogP contribution in [0.15, 0.2) is 27.0 Å². The molecule has 2 aromatic rings. The number of aryl methyl sites for hydroxylation is 1. The minimum Gasteiger partial charge on any atom is -0.477 e. The number of aromatic nitrogens is 5. The van der Waals surface area contributed by atoms with Crippen molar-refractivity contribution >= 4 is 58.4 Å². The van der Waals surface area contributed by atoms with Crippen LogP contribution >= 0.6 is 34.9 Å². The van der Waals surface area contributed by atoms with Crippen LogP contribution in [-0.2, 0) is 26.3 Å². The lowest BCUT2D eigenvalue weighted by Crippen LogP contribution is -2.71. The Bertz CT molecular complexity index is 1280. The second-order valence-corrected chi connectivity index (χ2v) is 9.76. The second-order valence-electron chi connectivity index (χ2n) is 6.85. The lowest BCUT2D eigenvalue weighted by Gasteiger charge is -2.49. The van der Waals surface area contributed by atoms with E-state index in [-0.39, 0.29) is 27.7 Å². The number of hydrogen-bond acceptors (Lipinski definition) is 13. The van der Waals surface area contributed by atoms with Gasteiger partial charge in [0.1, 0.15) is 29.9 Å². The minimum absolute atomic E-state index is 0.0852. The third-order valence-corrected chi connectivity index (χ3v) is 8.01. The summed E-state index contributed by atoms with van der Waals surface area (Å²) in [5, 5.41) is 45.8. The van der Waals surface area contributed by atoms with E-state index in [2.05, 4.69) is 30.8 Å². The molecule has 0 radical (unpaired) electrons. The Morgan fingerprint density at radius 3 is 2.82 bits per heavy atom. The zero-order valence-electron chi connectivity index (χ0n) is 17.5. The lowest BCUT2D eigenvalue weighted by atomic mass is 10.0. The van der Waals surface area contributed by atoms with Crippen LogP contribution in [0.4, 0.5) is 0 Å². The van der Waals surface area contributed by atoms with Gasteiger partial charge in [-0.15, -0.1) is 28.2 Å². The van der Waals surface area contributed by atoms with Crippen molar-refractivity contribution in [1.82, 2.24) is 35.2 Å². The van der Waals surface area contributed by atoms with E-state index in [4.69, 9.17) is 5.41 Å². The first-order valence-corrected chi connectivity index (χ1v) is 12.3. The molecule has 0 aliphatic carbocycles. The molecular formula is C16H17N9O6S3. The van der Waals surface area contributed by atoms with E-state index in [9.17, 15) is 24.7 Å². The maximum atomic E-state index is 12.9. The summed E-state index contributed by atoms with van der Waals surface area (Å²) in [7, 11) is 2.86. The fourth-order valence-electron chi connectivity index (χ4n) is 3.27. The van der Waals surface area contributed by atoms with Crippen molar-refractivity contribution in [1.29, 1.82) is 5.41 Å². The number of hydrogen-bond donors (Lipinski definition) is 4. The number of β-lactam (4-membered cyclic amide) rings is 1. The molecule has 2 aliphatic heterocycles. The Balaban J connectivity index is 1.51. The molecule has 34 heavy (non-hydrogen) atoms. The number of thiazole rings is 1.